The average molecular weight is 300 g/mol. The van der Waals surface area contributed by atoms with Gasteiger partial charge in [0.05, 0.1) is 12.7 Å². The van der Waals surface area contributed by atoms with Crippen LogP contribution in [-0.4, -0.2) is 28.6 Å². The number of esters is 1. The Kier molecular flexibility index (Phi) is 4.60. The molecule has 0 saturated heterocycles. The van der Waals surface area contributed by atoms with Gasteiger partial charge in [-0.2, -0.15) is 4.98 Å². The second-order valence-corrected chi connectivity index (χ2v) is 5.84. The number of anilines is 3. The zero-order valence-corrected chi connectivity index (χ0v) is 13.2. The molecule has 2 aromatic rings. The zero-order valence-electron chi connectivity index (χ0n) is 13.2. The van der Waals surface area contributed by atoms with E-state index < -0.39 is 0 Å². The molecule has 116 valence electrons. The number of nitrogens with zero attached hydrogens (tertiary/aromatic N) is 2. The Balaban J connectivity index is 2.17. The highest BCUT2D eigenvalue weighted by Gasteiger charge is 2.11. The van der Waals surface area contributed by atoms with E-state index in [-0.39, 0.29) is 11.5 Å². The first-order valence-electron chi connectivity index (χ1n) is 6.94. The maximum Gasteiger partial charge on any atom is 0.337 e. The lowest BCUT2D eigenvalue weighted by Gasteiger charge is -2.21. The molecule has 0 radical (unpaired) electrons. The van der Waals surface area contributed by atoms with E-state index in [4.69, 9.17) is 4.74 Å². The summed E-state index contributed by atoms with van der Waals surface area (Å²) in [5.41, 5.74) is 1.10. The molecule has 1 aromatic heterocycles. The Morgan fingerprint density at radius 1 is 1.23 bits per heavy atom. The number of hydrogen-bond donors (Lipinski definition) is 2. The third-order valence-electron chi connectivity index (χ3n) is 2.70. The van der Waals surface area contributed by atoms with E-state index in [0.29, 0.717) is 11.5 Å². The molecule has 0 aliphatic carbocycles. The number of methoxy groups -OCH3 is 1. The molecule has 2 N–H and O–H groups in total. The van der Waals surface area contributed by atoms with Gasteiger partial charge in [0.25, 0.3) is 0 Å². The SMILES string of the molecule is COC(=O)c1cccc(Nc2nccc(NC(C)(C)C)n2)c1. The molecular formula is C16H20N4O2. The largest absolute Gasteiger partial charge is 0.465 e. The van der Waals surface area contributed by atoms with Crippen LogP contribution in [0.1, 0.15) is 31.1 Å². The van der Waals surface area contributed by atoms with Crippen LogP contribution in [0.25, 0.3) is 0 Å². The van der Waals surface area contributed by atoms with Gasteiger partial charge in [-0.1, -0.05) is 6.07 Å². The van der Waals surface area contributed by atoms with Crippen LogP contribution in [0.15, 0.2) is 36.5 Å². The lowest BCUT2D eigenvalue weighted by atomic mass is 10.1. The molecule has 0 atom stereocenters. The number of hydrogen-bond acceptors (Lipinski definition) is 6. The van der Waals surface area contributed by atoms with Crippen LogP contribution in [0, 0.1) is 0 Å². The highest BCUT2D eigenvalue weighted by atomic mass is 16.5. The van der Waals surface area contributed by atoms with Crippen molar-refractivity contribution in [2.45, 2.75) is 26.3 Å². The maximum absolute atomic E-state index is 11.5. The predicted molar refractivity (Wildman–Crippen MR) is 86.5 cm³/mol. The molecule has 0 aliphatic heterocycles. The normalized spacial score (nSPS) is 10.9. The molecule has 6 nitrogen and oxygen atoms in total. The first-order valence-corrected chi connectivity index (χ1v) is 6.94. The first kappa shape index (κ1) is 15.8. The van der Waals surface area contributed by atoms with Gasteiger partial charge in [-0.05, 0) is 45.0 Å². The summed E-state index contributed by atoms with van der Waals surface area (Å²) in [6.45, 7) is 6.17. The second kappa shape index (κ2) is 6.43. The Morgan fingerprint density at radius 3 is 2.68 bits per heavy atom. The minimum Gasteiger partial charge on any atom is -0.465 e. The monoisotopic (exact) mass is 300 g/mol. The summed E-state index contributed by atoms with van der Waals surface area (Å²) in [4.78, 5) is 20.1. The summed E-state index contributed by atoms with van der Waals surface area (Å²) in [7, 11) is 1.35. The molecule has 0 spiro atoms. The lowest BCUT2D eigenvalue weighted by molar-refractivity contribution is 0.0601. The van der Waals surface area contributed by atoms with E-state index in [1.807, 2.05) is 6.07 Å². The van der Waals surface area contributed by atoms with Crippen LogP contribution in [0.2, 0.25) is 0 Å². The van der Waals surface area contributed by atoms with Crippen molar-refractivity contribution < 1.29 is 9.53 Å². The summed E-state index contributed by atoms with van der Waals surface area (Å²) in [5.74, 6) is 0.804. The van der Waals surface area contributed by atoms with Crippen LogP contribution >= 0.6 is 0 Å². The van der Waals surface area contributed by atoms with E-state index in [9.17, 15) is 4.79 Å². The van der Waals surface area contributed by atoms with Crippen molar-refractivity contribution in [1.29, 1.82) is 0 Å². The van der Waals surface area contributed by atoms with Gasteiger partial charge in [0.2, 0.25) is 5.95 Å². The smallest absolute Gasteiger partial charge is 0.337 e. The highest BCUT2D eigenvalue weighted by molar-refractivity contribution is 5.90. The molecule has 1 heterocycles. The summed E-state index contributed by atoms with van der Waals surface area (Å²) in [5, 5.41) is 6.36. The van der Waals surface area contributed by atoms with Gasteiger partial charge in [-0.3, -0.25) is 0 Å². The first-order chi connectivity index (χ1) is 10.4. The quantitative estimate of drug-likeness (QED) is 0.844. The van der Waals surface area contributed by atoms with E-state index in [1.54, 1.807) is 30.5 Å². The van der Waals surface area contributed by atoms with Crippen LogP contribution in [0.3, 0.4) is 0 Å². The van der Waals surface area contributed by atoms with Crippen molar-refractivity contribution in [2.75, 3.05) is 17.7 Å². The van der Waals surface area contributed by atoms with Crippen molar-refractivity contribution in [3.63, 3.8) is 0 Å². The van der Waals surface area contributed by atoms with Crippen LogP contribution in [0.5, 0.6) is 0 Å². The van der Waals surface area contributed by atoms with E-state index >= 15 is 0 Å². The third-order valence-corrected chi connectivity index (χ3v) is 2.70. The van der Waals surface area contributed by atoms with Crippen molar-refractivity contribution in [2.24, 2.45) is 0 Å². The second-order valence-electron chi connectivity index (χ2n) is 5.84. The summed E-state index contributed by atoms with van der Waals surface area (Å²) in [6, 6.07) is 8.79. The molecular weight excluding hydrogens is 280 g/mol. The van der Waals surface area contributed by atoms with Crippen molar-refractivity contribution in [3.05, 3.63) is 42.1 Å². The Hall–Kier alpha value is -2.63. The Morgan fingerprint density at radius 2 is 2.00 bits per heavy atom. The van der Waals surface area contributed by atoms with E-state index in [0.717, 1.165) is 11.5 Å². The van der Waals surface area contributed by atoms with Gasteiger partial charge < -0.3 is 15.4 Å². The van der Waals surface area contributed by atoms with Gasteiger partial charge in [0, 0.05) is 17.4 Å². The topological polar surface area (TPSA) is 76.1 Å². The van der Waals surface area contributed by atoms with Crippen LogP contribution < -0.4 is 10.6 Å². The van der Waals surface area contributed by atoms with Crippen LogP contribution in [0.4, 0.5) is 17.5 Å². The summed E-state index contributed by atoms with van der Waals surface area (Å²) in [6.07, 6.45) is 1.67. The van der Waals surface area contributed by atoms with Crippen molar-refractivity contribution in [3.8, 4) is 0 Å². The number of rotatable bonds is 4. The molecule has 0 aliphatic rings. The van der Waals surface area contributed by atoms with Crippen molar-refractivity contribution in [1.82, 2.24) is 9.97 Å². The van der Waals surface area contributed by atoms with Crippen LogP contribution in [-0.2, 0) is 4.74 Å². The molecule has 0 fully saturated rings. The maximum atomic E-state index is 11.5. The fourth-order valence-corrected chi connectivity index (χ4v) is 1.84. The zero-order chi connectivity index (χ0) is 16.2. The molecule has 0 amide bonds. The minimum absolute atomic E-state index is 0.0869. The number of ether oxygens (including phenoxy) is 1. The molecule has 0 unspecified atom stereocenters. The fraction of sp³-hybridized carbons (Fsp3) is 0.312. The number of carbonyl (C=O) groups is 1. The van der Waals surface area contributed by atoms with Gasteiger partial charge in [-0.15, -0.1) is 0 Å². The fourth-order valence-electron chi connectivity index (χ4n) is 1.84. The predicted octanol–water partition coefficient (Wildman–Crippen LogP) is 3.22. The summed E-state index contributed by atoms with van der Waals surface area (Å²) < 4.78 is 4.71. The van der Waals surface area contributed by atoms with E-state index in [1.165, 1.54) is 7.11 Å². The number of carbonyl (C=O) groups excluding carboxylic acids is 1. The van der Waals surface area contributed by atoms with E-state index in [2.05, 4.69) is 41.4 Å². The number of benzene rings is 1. The van der Waals surface area contributed by atoms with Crippen molar-refractivity contribution >= 4 is 23.4 Å². The number of aromatic nitrogens is 2. The lowest BCUT2D eigenvalue weighted by Crippen LogP contribution is -2.26. The molecule has 6 heteroatoms. The molecule has 0 bridgehead atoms. The average Bonchev–Trinajstić information content (AvgIpc) is 2.45. The van der Waals surface area contributed by atoms with Gasteiger partial charge in [0.1, 0.15) is 5.82 Å². The van der Waals surface area contributed by atoms with Gasteiger partial charge in [-0.25, -0.2) is 9.78 Å². The highest BCUT2D eigenvalue weighted by Crippen LogP contribution is 2.18. The van der Waals surface area contributed by atoms with Gasteiger partial charge >= 0.3 is 5.97 Å². The Labute approximate surface area is 129 Å². The minimum atomic E-state index is -0.382. The molecule has 2 rings (SSSR count). The number of nitrogens with one attached hydrogen (secondary N) is 2. The standard InChI is InChI=1S/C16H20N4O2/c1-16(2,3)20-13-8-9-17-15(19-13)18-12-7-5-6-11(10-12)14(21)22-4/h5-10H,1-4H3,(H2,17,18,19,20). The Bertz CT molecular complexity index is 665. The summed E-state index contributed by atoms with van der Waals surface area (Å²) >= 11 is 0. The third kappa shape index (κ3) is 4.44. The molecule has 0 saturated carbocycles. The molecule has 22 heavy (non-hydrogen) atoms. The molecule has 1 aromatic carbocycles. The van der Waals surface area contributed by atoms with Gasteiger partial charge in [0.15, 0.2) is 0 Å².